The fourth-order valence-electron chi connectivity index (χ4n) is 3.13. The van der Waals surface area contributed by atoms with E-state index in [1.165, 1.54) is 0 Å². The first-order valence-corrected chi connectivity index (χ1v) is 9.39. The highest BCUT2D eigenvalue weighted by Crippen LogP contribution is 2.30. The molecule has 0 saturated heterocycles. The molecule has 0 aliphatic carbocycles. The standard InChI is InChI=1S/C19H17BrClN5/c1-25(2)11-18-24-23-17-10-22-19(13-5-3-4-6-15(13)21)14-9-12(20)7-8-16(14)26(17)18/h3-9H,10-11H2,1-2H3. The SMILES string of the molecule is CN(C)Cc1nnc2n1-c1ccc(Br)cc1C(c1ccccc1Cl)=NC2. The molecule has 0 amide bonds. The zero-order chi connectivity index (χ0) is 18.3. The van der Waals surface area contributed by atoms with Crippen molar-refractivity contribution in [2.24, 2.45) is 4.99 Å². The van der Waals surface area contributed by atoms with Gasteiger partial charge in [0.15, 0.2) is 11.6 Å². The molecule has 26 heavy (non-hydrogen) atoms. The van der Waals surface area contributed by atoms with Crippen molar-refractivity contribution in [2.45, 2.75) is 13.1 Å². The van der Waals surface area contributed by atoms with Gasteiger partial charge in [-0.2, -0.15) is 0 Å². The Labute approximate surface area is 165 Å². The summed E-state index contributed by atoms with van der Waals surface area (Å²) in [7, 11) is 4.04. The van der Waals surface area contributed by atoms with Crippen LogP contribution in [0.15, 0.2) is 51.9 Å². The van der Waals surface area contributed by atoms with Gasteiger partial charge in [0.25, 0.3) is 0 Å². The third kappa shape index (κ3) is 3.09. The molecule has 2 aromatic carbocycles. The van der Waals surface area contributed by atoms with E-state index in [-0.39, 0.29) is 0 Å². The number of aliphatic imine (C=N–C) groups is 1. The summed E-state index contributed by atoms with van der Waals surface area (Å²) in [6.07, 6.45) is 0. The van der Waals surface area contributed by atoms with E-state index < -0.39 is 0 Å². The number of halogens is 2. The Morgan fingerprint density at radius 1 is 1.12 bits per heavy atom. The molecule has 1 aliphatic rings. The Balaban J connectivity index is 1.95. The molecule has 7 heteroatoms. The molecule has 5 nitrogen and oxygen atoms in total. The molecule has 3 aromatic rings. The maximum atomic E-state index is 6.47. The van der Waals surface area contributed by atoms with E-state index in [4.69, 9.17) is 16.6 Å². The molecule has 2 heterocycles. The average molecular weight is 431 g/mol. The lowest BCUT2D eigenvalue weighted by molar-refractivity contribution is 0.387. The van der Waals surface area contributed by atoms with Gasteiger partial charge < -0.3 is 4.90 Å². The van der Waals surface area contributed by atoms with Crippen LogP contribution in [-0.2, 0) is 13.1 Å². The second-order valence-electron chi connectivity index (χ2n) is 6.41. The maximum absolute atomic E-state index is 6.47. The number of aromatic nitrogens is 3. The molecule has 0 unspecified atom stereocenters. The number of rotatable bonds is 3. The Bertz CT molecular complexity index is 1010. The number of nitrogens with zero attached hydrogens (tertiary/aromatic N) is 5. The third-order valence-electron chi connectivity index (χ3n) is 4.22. The molecule has 0 saturated carbocycles. The number of hydrogen-bond acceptors (Lipinski definition) is 4. The predicted molar refractivity (Wildman–Crippen MR) is 107 cm³/mol. The van der Waals surface area contributed by atoms with E-state index >= 15 is 0 Å². The topological polar surface area (TPSA) is 46.3 Å². The van der Waals surface area contributed by atoms with Gasteiger partial charge in [-0.15, -0.1) is 10.2 Å². The summed E-state index contributed by atoms with van der Waals surface area (Å²) in [5, 5.41) is 9.44. The van der Waals surface area contributed by atoms with Crippen molar-refractivity contribution in [1.29, 1.82) is 0 Å². The van der Waals surface area contributed by atoms with Crippen LogP contribution < -0.4 is 0 Å². The molecule has 0 atom stereocenters. The molecular formula is C19H17BrClN5. The van der Waals surface area contributed by atoms with Gasteiger partial charge >= 0.3 is 0 Å². The number of hydrogen-bond donors (Lipinski definition) is 0. The predicted octanol–water partition coefficient (Wildman–Crippen LogP) is 4.10. The van der Waals surface area contributed by atoms with Crippen LogP contribution in [0, 0.1) is 0 Å². The van der Waals surface area contributed by atoms with Crippen molar-refractivity contribution >= 4 is 33.2 Å². The summed E-state index contributed by atoms with van der Waals surface area (Å²) in [5.41, 5.74) is 3.81. The summed E-state index contributed by atoms with van der Waals surface area (Å²) in [6, 6.07) is 14.0. The van der Waals surface area contributed by atoms with Crippen molar-refractivity contribution in [1.82, 2.24) is 19.7 Å². The Kier molecular flexibility index (Phi) is 4.65. The third-order valence-corrected chi connectivity index (χ3v) is 5.04. The summed E-state index contributed by atoms with van der Waals surface area (Å²) in [6.45, 7) is 1.15. The van der Waals surface area contributed by atoms with E-state index in [1.807, 2.05) is 44.4 Å². The minimum Gasteiger partial charge on any atom is -0.302 e. The maximum Gasteiger partial charge on any atom is 0.159 e. The Morgan fingerprint density at radius 3 is 2.69 bits per heavy atom. The van der Waals surface area contributed by atoms with Gasteiger partial charge in [0, 0.05) is 20.6 Å². The van der Waals surface area contributed by atoms with Gasteiger partial charge in [-0.1, -0.05) is 45.7 Å². The van der Waals surface area contributed by atoms with Gasteiger partial charge in [-0.3, -0.25) is 9.56 Å². The van der Waals surface area contributed by atoms with Crippen molar-refractivity contribution in [3.8, 4) is 5.69 Å². The van der Waals surface area contributed by atoms with E-state index in [0.29, 0.717) is 18.1 Å². The van der Waals surface area contributed by atoms with Crippen molar-refractivity contribution in [3.63, 3.8) is 0 Å². The number of fused-ring (bicyclic) bond motifs is 3. The van der Waals surface area contributed by atoms with Crippen molar-refractivity contribution < 1.29 is 0 Å². The summed E-state index contributed by atoms with van der Waals surface area (Å²) in [4.78, 5) is 6.92. The molecule has 1 aromatic heterocycles. The van der Waals surface area contributed by atoms with E-state index in [0.717, 1.165) is 38.6 Å². The van der Waals surface area contributed by atoms with Crippen LogP contribution in [0.25, 0.3) is 5.69 Å². The van der Waals surface area contributed by atoms with Crippen LogP contribution in [0.3, 0.4) is 0 Å². The molecule has 4 rings (SSSR count). The highest BCUT2D eigenvalue weighted by atomic mass is 79.9. The summed E-state index contributed by atoms with van der Waals surface area (Å²) >= 11 is 10.1. The first-order valence-electron chi connectivity index (χ1n) is 8.22. The van der Waals surface area contributed by atoms with Crippen LogP contribution in [0.5, 0.6) is 0 Å². The van der Waals surface area contributed by atoms with E-state index in [1.54, 1.807) is 0 Å². The summed E-state index contributed by atoms with van der Waals surface area (Å²) < 4.78 is 3.09. The zero-order valence-electron chi connectivity index (χ0n) is 14.4. The average Bonchev–Trinajstić information content (AvgIpc) is 2.91. The lowest BCUT2D eigenvalue weighted by Crippen LogP contribution is -2.16. The second-order valence-corrected chi connectivity index (χ2v) is 7.73. The first kappa shape index (κ1) is 17.4. The fourth-order valence-corrected chi connectivity index (χ4v) is 3.72. The van der Waals surface area contributed by atoms with Gasteiger partial charge in [0.2, 0.25) is 0 Å². The van der Waals surface area contributed by atoms with Crippen LogP contribution in [-0.4, -0.2) is 39.5 Å². The molecule has 0 N–H and O–H groups in total. The van der Waals surface area contributed by atoms with Crippen LogP contribution in [0.4, 0.5) is 0 Å². The van der Waals surface area contributed by atoms with Gasteiger partial charge in [-0.25, -0.2) is 0 Å². The van der Waals surface area contributed by atoms with E-state index in [9.17, 15) is 0 Å². The normalized spacial score (nSPS) is 13.2. The molecule has 132 valence electrons. The quantitative estimate of drug-likeness (QED) is 0.628. The van der Waals surface area contributed by atoms with Crippen LogP contribution in [0.1, 0.15) is 22.8 Å². The summed E-state index contributed by atoms with van der Waals surface area (Å²) in [5.74, 6) is 1.72. The lowest BCUT2D eigenvalue weighted by Gasteiger charge is -2.16. The van der Waals surface area contributed by atoms with Crippen LogP contribution >= 0.6 is 27.5 Å². The smallest absolute Gasteiger partial charge is 0.159 e. The van der Waals surface area contributed by atoms with Crippen molar-refractivity contribution in [3.05, 3.63) is 74.7 Å². The fraction of sp³-hybridized carbons (Fsp3) is 0.211. The van der Waals surface area contributed by atoms with E-state index in [2.05, 4.69) is 47.7 Å². The van der Waals surface area contributed by atoms with Crippen LogP contribution in [0.2, 0.25) is 5.02 Å². The van der Waals surface area contributed by atoms with Gasteiger partial charge in [0.1, 0.15) is 6.54 Å². The number of benzene rings is 2. The zero-order valence-corrected chi connectivity index (χ0v) is 16.8. The minimum atomic E-state index is 0.452. The molecule has 0 bridgehead atoms. The highest BCUT2D eigenvalue weighted by molar-refractivity contribution is 9.10. The van der Waals surface area contributed by atoms with Gasteiger partial charge in [0.05, 0.1) is 17.9 Å². The monoisotopic (exact) mass is 429 g/mol. The molecule has 0 spiro atoms. The highest BCUT2D eigenvalue weighted by Gasteiger charge is 2.24. The largest absolute Gasteiger partial charge is 0.302 e. The Morgan fingerprint density at radius 2 is 1.92 bits per heavy atom. The molecule has 0 fully saturated rings. The molecule has 1 aliphatic heterocycles. The Hall–Kier alpha value is -2.02. The molecular weight excluding hydrogens is 414 g/mol. The minimum absolute atomic E-state index is 0.452. The lowest BCUT2D eigenvalue weighted by atomic mass is 10.0. The van der Waals surface area contributed by atoms with Crippen molar-refractivity contribution in [2.75, 3.05) is 14.1 Å². The molecule has 0 radical (unpaired) electrons. The first-order chi connectivity index (χ1) is 12.5. The second kappa shape index (κ2) is 6.95. The van der Waals surface area contributed by atoms with Gasteiger partial charge in [-0.05, 0) is 38.4 Å².